The van der Waals surface area contributed by atoms with Gasteiger partial charge in [-0.1, -0.05) is 146 Å². The van der Waals surface area contributed by atoms with Gasteiger partial charge in [-0.2, -0.15) is 0 Å². The van der Waals surface area contributed by atoms with Gasteiger partial charge in [0.2, 0.25) is 0 Å². The molecule has 0 spiro atoms. The van der Waals surface area contributed by atoms with E-state index in [0.29, 0.717) is 0 Å². The van der Waals surface area contributed by atoms with Gasteiger partial charge in [0.25, 0.3) is 0 Å². The SMILES string of the molecule is C1=Cc2c(n(-c3ccccc3)c3ccc(N(c4ccc5ccccc5c4)c4ccc5c(c4)c4cc(N(c6ccc7ccccc7c6)c6ccc7c(c6)c6ccccc6n7-c6ccccc6)ccc4n5-c4ccccc4)cc23)CC1. The Kier molecular flexibility index (Phi) is 10.3. The van der Waals surface area contributed by atoms with E-state index >= 15 is 0 Å². The van der Waals surface area contributed by atoms with Gasteiger partial charge < -0.3 is 23.5 Å². The number of benzene rings is 12. The van der Waals surface area contributed by atoms with E-state index in [-0.39, 0.29) is 0 Å². The minimum atomic E-state index is 0.995. The van der Waals surface area contributed by atoms with E-state index < -0.39 is 0 Å². The van der Waals surface area contributed by atoms with Gasteiger partial charge in [0.05, 0.1) is 27.6 Å². The Morgan fingerprint density at radius 1 is 0.266 bits per heavy atom. The molecule has 3 heterocycles. The second-order valence-electron chi connectivity index (χ2n) is 20.9. The maximum Gasteiger partial charge on any atom is 0.0542 e. The monoisotopic (exact) mass is 1010 g/mol. The van der Waals surface area contributed by atoms with E-state index in [4.69, 9.17) is 0 Å². The lowest BCUT2D eigenvalue weighted by molar-refractivity contribution is 0.888. The largest absolute Gasteiger partial charge is 0.313 e. The van der Waals surface area contributed by atoms with Crippen LogP contribution < -0.4 is 9.80 Å². The van der Waals surface area contributed by atoms with Crippen LogP contribution in [0.15, 0.2) is 279 Å². The number of aromatic nitrogens is 3. The molecule has 0 amide bonds. The zero-order valence-corrected chi connectivity index (χ0v) is 43.3. The lowest BCUT2D eigenvalue weighted by atomic mass is 10.0. The van der Waals surface area contributed by atoms with E-state index in [1.807, 2.05) is 0 Å². The quantitative estimate of drug-likeness (QED) is 0.144. The van der Waals surface area contributed by atoms with E-state index in [2.05, 4.69) is 309 Å². The number of anilines is 6. The summed E-state index contributed by atoms with van der Waals surface area (Å²) in [5.74, 6) is 0. The topological polar surface area (TPSA) is 21.3 Å². The molecule has 0 unspecified atom stereocenters. The number of fused-ring (bicyclic) bond motifs is 11. The summed E-state index contributed by atoms with van der Waals surface area (Å²) in [4.78, 5) is 4.91. The number of para-hydroxylation sites is 4. The molecule has 0 aliphatic heterocycles. The van der Waals surface area contributed by atoms with Gasteiger partial charge >= 0.3 is 0 Å². The van der Waals surface area contributed by atoms with E-state index in [0.717, 1.165) is 69.4 Å². The van der Waals surface area contributed by atoms with Crippen molar-refractivity contribution in [1.29, 1.82) is 0 Å². The molecule has 372 valence electrons. The average Bonchev–Trinajstić information content (AvgIpc) is 4.34. The smallest absolute Gasteiger partial charge is 0.0542 e. The van der Waals surface area contributed by atoms with Crippen LogP contribution in [-0.2, 0) is 6.42 Å². The van der Waals surface area contributed by atoms with Crippen molar-refractivity contribution >= 4 is 116 Å². The molecule has 5 nitrogen and oxygen atoms in total. The Hall–Kier alpha value is -10.4. The fourth-order valence-electron chi connectivity index (χ4n) is 12.8. The first kappa shape index (κ1) is 44.9. The van der Waals surface area contributed by atoms with Crippen LogP contribution in [0.4, 0.5) is 34.1 Å². The van der Waals surface area contributed by atoms with Crippen LogP contribution in [0.2, 0.25) is 0 Å². The van der Waals surface area contributed by atoms with Crippen LogP contribution in [0.25, 0.3) is 99.2 Å². The number of nitrogens with zero attached hydrogens (tertiary/aromatic N) is 5. The molecule has 79 heavy (non-hydrogen) atoms. The molecule has 0 fully saturated rings. The number of rotatable bonds is 9. The molecule has 1 aliphatic rings. The molecule has 0 saturated carbocycles. The van der Waals surface area contributed by atoms with Crippen LogP contribution in [0, 0.1) is 0 Å². The van der Waals surface area contributed by atoms with E-state index in [1.54, 1.807) is 0 Å². The van der Waals surface area contributed by atoms with Crippen molar-refractivity contribution in [2.24, 2.45) is 0 Å². The Labute approximate surface area is 457 Å². The first-order valence-corrected chi connectivity index (χ1v) is 27.4. The molecule has 16 rings (SSSR count). The second-order valence-corrected chi connectivity index (χ2v) is 20.9. The molecule has 0 radical (unpaired) electrons. The molecule has 5 heteroatoms. The fraction of sp³-hybridized carbons (Fsp3) is 0.0270. The minimum Gasteiger partial charge on any atom is -0.313 e. The van der Waals surface area contributed by atoms with E-state index in [1.165, 1.54) is 82.0 Å². The molecule has 0 N–H and O–H groups in total. The average molecular weight is 1010 g/mol. The van der Waals surface area contributed by atoms with Gasteiger partial charge in [0.15, 0.2) is 0 Å². The lowest BCUT2D eigenvalue weighted by Gasteiger charge is -2.27. The van der Waals surface area contributed by atoms with Gasteiger partial charge in [-0.05, 0) is 174 Å². The van der Waals surface area contributed by atoms with Crippen molar-refractivity contribution in [2.45, 2.75) is 12.8 Å². The lowest BCUT2D eigenvalue weighted by Crippen LogP contribution is -2.10. The summed E-state index contributed by atoms with van der Waals surface area (Å²) in [6.07, 6.45) is 6.70. The highest BCUT2D eigenvalue weighted by atomic mass is 15.2. The number of allylic oxidation sites excluding steroid dienone is 1. The Bertz CT molecular complexity index is 4910. The van der Waals surface area contributed by atoms with Crippen molar-refractivity contribution in [2.75, 3.05) is 9.80 Å². The third-order valence-corrected chi connectivity index (χ3v) is 16.4. The third-order valence-electron chi connectivity index (χ3n) is 16.4. The van der Waals surface area contributed by atoms with Gasteiger partial charge in [0, 0.05) is 89.4 Å². The third kappa shape index (κ3) is 7.31. The molecule has 3 aromatic heterocycles. The fourth-order valence-corrected chi connectivity index (χ4v) is 12.8. The first-order chi connectivity index (χ1) is 39.2. The summed E-state index contributed by atoms with van der Waals surface area (Å²) < 4.78 is 7.30. The van der Waals surface area contributed by atoms with Crippen molar-refractivity contribution in [3.63, 3.8) is 0 Å². The molecular formula is C74H51N5. The number of hydrogen-bond acceptors (Lipinski definition) is 2. The zero-order chi connectivity index (χ0) is 52.0. The Morgan fingerprint density at radius 2 is 0.620 bits per heavy atom. The highest BCUT2D eigenvalue weighted by Crippen LogP contribution is 2.46. The molecule has 12 aromatic carbocycles. The summed E-state index contributed by atoms with van der Waals surface area (Å²) in [5.41, 5.74) is 18.5. The summed E-state index contributed by atoms with van der Waals surface area (Å²) >= 11 is 0. The summed E-state index contributed by atoms with van der Waals surface area (Å²) in [7, 11) is 0. The van der Waals surface area contributed by atoms with Gasteiger partial charge in [-0.25, -0.2) is 0 Å². The minimum absolute atomic E-state index is 0.995. The molecule has 1 aliphatic carbocycles. The van der Waals surface area contributed by atoms with Crippen molar-refractivity contribution < 1.29 is 0 Å². The summed E-state index contributed by atoms with van der Waals surface area (Å²) in [6.45, 7) is 0. The Morgan fingerprint density at radius 3 is 1.11 bits per heavy atom. The normalized spacial score (nSPS) is 12.4. The first-order valence-electron chi connectivity index (χ1n) is 27.4. The summed E-state index contributed by atoms with van der Waals surface area (Å²) in [5, 5.41) is 10.8. The van der Waals surface area contributed by atoms with Crippen molar-refractivity contribution in [1.82, 2.24) is 13.7 Å². The highest BCUT2D eigenvalue weighted by Gasteiger charge is 2.24. The van der Waals surface area contributed by atoms with Crippen LogP contribution >= 0.6 is 0 Å². The van der Waals surface area contributed by atoms with Crippen LogP contribution in [0.5, 0.6) is 0 Å². The molecule has 0 atom stereocenters. The second kappa shape index (κ2) is 18.2. The molecule has 0 bridgehead atoms. The molecular weight excluding hydrogens is 959 g/mol. The van der Waals surface area contributed by atoms with Crippen LogP contribution in [-0.4, -0.2) is 13.7 Å². The zero-order valence-electron chi connectivity index (χ0n) is 43.3. The van der Waals surface area contributed by atoms with Crippen LogP contribution in [0.3, 0.4) is 0 Å². The molecule has 15 aromatic rings. The van der Waals surface area contributed by atoms with Gasteiger partial charge in [-0.15, -0.1) is 0 Å². The number of hydrogen-bond donors (Lipinski definition) is 0. The molecule has 0 saturated heterocycles. The van der Waals surface area contributed by atoms with Crippen LogP contribution in [0.1, 0.15) is 17.7 Å². The maximum absolute atomic E-state index is 2.47. The predicted molar refractivity (Wildman–Crippen MR) is 334 cm³/mol. The van der Waals surface area contributed by atoms with E-state index in [9.17, 15) is 0 Å². The predicted octanol–water partition coefficient (Wildman–Crippen LogP) is 20.0. The van der Waals surface area contributed by atoms with Gasteiger partial charge in [0.1, 0.15) is 0 Å². The van der Waals surface area contributed by atoms with Gasteiger partial charge in [-0.3, -0.25) is 0 Å². The van der Waals surface area contributed by atoms with Crippen molar-refractivity contribution in [3.05, 3.63) is 290 Å². The highest BCUT2D eigenvalue weighted by molar-refractivity contribution is 6.14. The van der Waals surface area contributed by atoms with Crippen molar-refractivity contribution in [3.8, 4) is 17.1 Å². The Balaban J connectivity index is 0.929. The standard InChI is InChI=1S/C74H51N5/c1-4-22-54(23-5-1)77-69-30-16-14-28-63(69)65-46-59(36-40-71(65)77)75(57-34-32-50-18-10-12-20-52(50)44-57)61-38-42-73-67(48-61)68-49-62(39-43-74(68)79(73)56-26-8-3-9-27-56)76(58-35-33-51-19-11-13-21-53(51)45-58)60-37-41-72-66(47-60)64-29-15-17-31-70(64)78(72)55-24-6-2-7-25-55/h1-16,18-30,32-49H,17,31H2. The maximum atomic E-state index is 2.47. The summed E-state index contributed by atoms with van der Waals surface area (Å²) in [6, 6.07) is 100.